The predicted octanol–water partition coefficient (Wildman–Crippen LogP) is 2.03. The molecule has 1 aromatic carbocycles. The van der Waals surface area contributed by atoms with Crippen LogP contribution in [0.1, 0.15) is 17.7 Å². The fourth-order valence-electron chi connectivity index (χ4n) is 3.12. The van der Waals surface area contributed by atoms with Crippen molar-refractivity contribution >= 4 is 24.0 Å². The van der Waals surface area contributed by atoms with Crippen molar-refractivity contribution in [2.24, 2.45) is 0 Å². The fourth-order valence-corrected chi connectivity index (χ4v) is 3.66. The van der Waals surface area contributed by atoms with Crippen LogP contribution in [0, 0.1) is 10.1 Å². The van der Waals surface area contributed by atoms with E-state index in [1.807, 2.05) is 0 Å². The van der Waals surface area contributed by atoms with Crippen molar-refractivity contribution in [3.05, 3.63) is 39.7 Å². The Morgan fingerprint density at radius 2 is 1.74 bits per heavy atom. The first-order valence-electron chi connectivity index (χ1n) is 11.1. The molecule has 0 aliphatic rings. The molecule has 0 amide bonds. The van der Waals surface area contributed by atoms with Gasteiger partial charge in [-0.2, -0.15) is 0 Å². The zero-order valence-electron chi connectivity index (χ0n) is 19.8. The van der Waals surface area contributed by atoms with Crippen molar-refractivity contribution in [3.8, 4) is 0 Å². The second-order valence-corrected chi connectivity index (χ2v) is 11.1. The number of nitro benzene ring substituents is 1. The van der Waals surface area contributed by atoms with Gasteiger partial charge in [0.1, 0.15) is 12.8 Å². The largest absolute Gasteiger partial charge is 0.379 e. The van der Waals surface area contributed by atoms with Gasteiger partial charge >= 0.3 is 5.69 Å². The third-order valence-corrected chi connectivity index (χ3v) is 5.76. The predicted molar refractivity (Wildman–Crippen MR) is 126 cm³/mol. The van der Waals surface area contributed by atoms with E-state index in [0.717, 1.165) is 17.7 Å². The second-order valence-electron chi connectivity index (χ2n) is 8.06. The van der Waals surface area contributed by atoms with E-state index in [9.17, 15) is 14.7 Å². The number of rotatable bonds is 17. The Bertz CT molecular complexity index is 1130. The maximum absolute atomic E-state index is 11.7. The highest BCUT2D eigenvalue weighted by atomic mass is 31.2. The van der Waals surface area contributed by atoms with Gasteiger partial charge in [-0.05, 0) is 34.8 Å². The van der Waals surface area contributed by atoms with E-state index in [0.29, 0.717) is 64.7 Å². The quantitative estimate of drug-likeness (QED) is 0.121. The Labute approximate surface area is 201 Å². The first-order valence-corrected chi connectivity index (χ1v) is 13.7. The minimum Gasteiger partial charge on any atom is -0.379 e. The molecule has 0 spiro atoms. The summed E-state index contributed by atoms with van der Waals surface area (Å²) in [5, 5.41) is 29.4. The van der Waals surface area contributed by atoms with Crippen LogP contribution >= 0.6 is 7.29 Å². The lowest BCUT2D eigenvalue weighted by molar-refractivity contribution is -0.383. The van der Waals surface area contributed by atoms with Crippen molar-refractivity contribution in [1.29, 1.82) is 0 Å². The number of ether oxygens (including phenoxy) is 3. The zero-order chi connectivity index (χ0) is 25.1. The van der Waals surface area contributed by atoms with Crippen molar-refractivity contribution in [2.75, 3.05) is 53.0 Å². The zero-order valence-corrected chi connectivity index (χ0v) is 20.7. The molecular formula is C20H30N7O7P. The summed E-state index contributed by atoms with van der Waals surface area (Å²) in [5.74, 6) is 0. The molecule has 2 heterocycles. The lowest BCUT2D eigenvalue weighted by atomic mass is 10.1. The van der Waals surface area contributed by atoms with E-state index in [-0.39, 0.29) is 11.2 Å². The van der Waals surface area contributed by atoms with Crippen LogP contribution in [-0.2, 0) is 38.3 Å². The number of nitro groups is 1. The van der Waals surface area contributed by atoms with Crippen LogP contribution in [0.15, 0.2) is 23.0 Å². The van der Waals surface area contributed by atoms with Gasteiger partial charge in [0.25, 0.3) is 0 Å². The Morgan fingerprint density at radius 1 is 1.06 bits per heavy atom. The summed E-state index contributed by atoms with van der Waals surface area (Å²) in [7, 11) is -2.29. The number of aryl methyl sites for hydroxylation is 1. The first kappa shape index (κ1) is 26.8. The summed E-state index contributed by atoms with van der Waals surface area (Å²) in [6, 6.07) is 3.08. The number of non-ortho nitro benzene ring substituents is 1. The second kappa shape index (κ2) is 13.4. The molecule has 0 unspecified atom stereocenters. The van der Waals surface area contributed by atoms with Crippen molar-refractivity contribution in [2.45, 2.75) is 25.9 Å². The van der Waals surface area contributed by atoms with E-state index in [4.69, 9.17) is 14.2 Å². The Hall–Kier alpha value is -2.77. The summed E-state index contributed by atoms with van der Waals surface area (Å²) in [5.41, 5.74) is 2.01. The molecular weight excluding hydrogens is 481 g/mol. The van der Waals surface area contributed by atoms with Gasteiger partial charge in [0, 0.05) is 38.7 Å². The van der Waals surface area contributed by atoms with Crippen LogP contribution in [0.5, 0.6) is 0 Å². The van der Waals surface area contributed by atoms with Crippen molar-refractivity contribution in [3.63, 3.8) is 0 Å². The molecule has 0 bridgehead atoms. The molecule has 192 valence electrons. The highest BCUT2D eigenvalue weighted by molar-refractivity contribution is 7.60. The monoisotopic (exact) mass is 511 g/mol. The number of nitrogens with one attached hydrogen (secondary N) is 1. The van der Waals surface area contributed by atoms with Gasteiger partial charge in [0.05, 0.1) is 50.2 Å². The topological polar surface area (TPSA) is 170 Å². The molecule has 0 aliphatic heterocycles. The van der Waals surface area contributed by atoms with Crippen LogP contribution in [-0.4, -0.2) is 83.2 Å². The van der Waals surface area contributed by atoms with Gasteiger partial charge in [0.2, 0.25) is 5.52 Å². The van der Waals surface area contributed by atoms with E-state index in [2.05, 4.69) is 30.3 Å². The Kier molecular flexibility index (Phi) is 10.2. The number of benzene rings is 1. The van der Waals surface area contributed by atoms with E-state index < -0.39 is 12.2 Å². The van der Waals surface area contributed by atoms with Gasteiger partial charge in [-0.3, -0.25) is 15.2 Å². The number of hydrogen-bond donors (Lipinski definition) is 1. The van der Waals surface area contributed by atoms with Gasteiger partial charge < -0.3 is 18.8 Å². The normalized spacial score (nSPS) is 11.9. The molecule has 15 heteroatoms. The highest BCUT2D eigenvalue weighted by Crippen LogP contribution is 2.29. The number of fused-ring (bicyclic) bond motifs is 1. The molecule has 14 nitrogen and oxygen atoms in total. The molecule has 35 heavy (non-hydrogen) atoms. The van der Waals surface area contributed by atoms with Crippen LogP contribution in [0.3, 0.4) is 0 Å². The molecule has 1 N–H and O–H groups in total. The smallest absolute Gasteiger partial charge is 0.300 e. The molecule has 0 atom stereocenters. The van der Waals surface area contributed by atoms with Crippen molar-refractivity contribution < 1.29 is 28.3 Å². The number of aromatic nitrogens is 5. The average Bonchev–Trinajstić information content (AvgIpc) is 3.47. The SMILES string of the molecule is CP(C)(=O)NCc1cn(CCOCCOCCOCCCc2ccc([N+](=O)[O-])c3nonc23)nn1. The molecule has 0 saturated heterocycles. The Morgan fingerprint density at radius 3 is 2.46 bits per heavy atom. The third kappa shape index (κ3) is 9.07. The summed E-state index contributed by atoms with van der Waals surface area (Å²) >= 11 is 0. The number of hydrogen-bond acceptors (Lipinski definition) is 11. The summed E-state index contributed by atoms with van der Waals surface area (Å²) < 4.78 is 34.6. The molecule has 3 aromatic rings. The van der Waals surface area contributed by atoms with E-state index in [1.54, 1.807) is 30.3 Å². The molecule has 0 aliphatic carbocycles. The van der Waals surface area contributed by atoms with Gasteiger partial charge in [-0.15, -0.1) is 5.10 Å². The van der Waals surface area contributed by atoms with E-state index >= 15 is 0 Å². The lowest BCUT2D eigenvalue weighted by Gasteiger charge is -2.07. The maximum Gasteiger partial charge on any atom is 0.300 e. The van der Waals surface area contributed by atoms with Crippen LogP contribution < -0.4 is 5.09 Å². The summed E-state index contributed by atoms with van der Waals surface area (Å²) in [6.45, 7) is 7.14. The maximum atomic E-state index is 11.7. The molecule has 0 radical (unpaired) electrons. The first-order chi connectivity index (χ1) is 16.8. The van der Waals surface area contributed by atoms with E-state index in [1.165, 1.54) is 6.07 Å². The highest BCUT2D eigenvalue weighted by Gasteiger charge is 2.19. The molecule has 3 rings (SSSR count). The molecule has 2 aromatic heterocycles. The Balaban J connectivity index is 1.18. The minimum absolute atomic E-state index is 0.121. The van der Waals surface area contributed by atoms with Crippen molar-refractivity contribution in [1.82, 2.24) is 30.4 Å². The summed E-state index contributed by atoms with van der Waals surface area (Å²) in [6.07, 6.45) is 3.16. The lowest BCUT2D eigenvalue weighted by Crippen LogP contribution is -2.12. The standard InChI is InChI=1S/C20H30N7O7P/c1-35(2,30)21-14-17-15-26(25-22-17)7-9-32-11-13-33-12-10-31-8-3-4-16-5-6-18(27(28)29)20-19(16)23-34-24-20/h5-6,15H,3-4,7-14H2,1-2H3,(H,21,30). The molecule has 0 saturated carbocycles. The minimum atomic E-state index is -2.29. The third-order valence-electron chi connectivity index (χ3n) is 4.84. The summed E-state index contributed by atoms with van der Waals surface area (Å²) in [4.78, 5) is 10.5. The van der Waals surface area contributed by atoms with Crippen LogP contribution in [0.25, 0.3) is 11.0 Å². The van der Waals surface area contributed by atoms with Gasteiger partial charge in [0.15, 0.2) is 0 Å². The fraction of sp³-hybridized carbons (Fsp3) is 0.600. The van der Waals surface area contributed by atoms with Crippen LogP contribution in [0.2, 0.25) is 0 Å². The number of nitrogens with zero attached hydrogens (tertiary/aromatic N) is 6. The van der Waals surface area contributed by atoms with Crippen LogP contribution in [0.4, 0.5) is 5.69 Å². The van der Waals surface area contributed by atoms with Gasteiger partial charge in [-0.25, -0.2) is 9.31 Å². The van der Waals surface area contributed by atoms with Gasteiger partial charge in [-0.1, -0.05) is 5.21 Å². The average molecular weight is 511 g/mol. The molecule has 0 fully saturated rings.